The number of aromatic nitrogens is 2. The van der Waals surface area contributed by atoms with Crippen molar-refractivity contribution >= 4 is 16.9 Å². The van der Waals surface area contributed by atoms with Crippen LogP contribution in [0.25, 0.3) is 11.0 Å². The fourth-order valence-corrected chi connectivity index (χ4v) is 3.48. The van der Waals surface area contributed by atoms with Crippen LogP contribution in [0.4, 0.5) is 4.39 Å². The Balaban J connectivity index is 1.77. The summed E-state index contributed by atoms with van der Waals surface area (Å²) in [6.07, 6.45) is 1.53. The van der Waals surface area contributed by atoms with E-state index in [1.54, 1.807) is 31.2 Å². The number of rotatable bonds is 5. The van der Waals surface area contributed by atoms with Gasteiger partial charge in [0.1, 0.15) is 22.8 Å². The van der Waals surface area contributed by atoms with E-state index in [1.807, 2.05) is 30.3 Å². The highest BCUT2D eigenvalue weighted by Gasteiger charge is 2.24. The lowest BCUT2D eigenvalue weighted by Crippen LogP contribution is -2.35. The summed E-state index contributed by atoms with van der Waals surface area (Å²) in [6.45, 7) is 1.91. The van der Waals surface area contributed by atoms with Crippen LogP contribution in [0.1, 0.15) is 34.5 Å². The van der Waals surface area contributed by atoms with Gasteiger partial charge in [-0.15, -0.1) is 0 Å². The molecule has 2 aromatic heterocycles. The molecule has 0 aliphatic heterocycles. The van der Waals surface area contributed by atoms with Crippen molar-refractivity contribution < 1.29 is 14.3 Å². The van der Waals surface area contributed by atoms with Gasteiger partial charge in [-0.2, -0.15) is 0 Å². The van der Waals surface area contributed by atoms with Gasteiger partial charge >= 0.3 is 0 Å². The zero-order valence-corrected chi connectivity index (χ0v) is 16.7. The quantitative estimate of drug-likeness (QED) is 0.518. The van der Waals surface area contributed by atoms with E-state index in [4.69, 9.17) is 0 Å². The molecule has 0 saturated carbocycles. The average molecular weight is 417 g/mol. The van der Waals surface area contributed by atoms with Gasteiger partial charge in [-0.05, 0) is 42.3 Å². The van der Waals surface area contributed by atoms with E-state index in [-0.39, 0.29) is 23.6 Å². The van der Waals surface area contributed by atoms with Gasteiger partial charge in [0.05, 0.1) is 18.0 Å². The van der Waals surface area contributed by atoms with Gasteiger partial charge in [-0.1, -0.05) is 42.5 Å². The van der Waals surface area contributed by atoms with Crippen molar-refractivity contribution in [2.75, 3.05) is 0 Å². The molecule has 156 valence electrons. The molecule has 0 bridgehead atoms. The molecule has 1 amide bonds. The second kappa shape index (κ2) is 8.39. The van der Waals surface area contributed by atoms with Gasteiger partial charge in [0.15, 0.2) is 0 Å². The highest BCUT2D eigenvalue weighted by atomic mass is 19.1. The minimum atomic E-state index is -0.716. The van der Waals surface area contributed by atoms with E-state index in [9.17, 15) is 19.1 Å². The Kier molecular flexibility index (Phi) is 5.49. The van der Waals surface area contributed by atoms with Gasteiger partial charge in [-0.3, -0.25) is 14.2 Å². The summed E-state index contributed by atoms with van der Waals surface area (Å²) in [5.41, 5.74) is 0.813. The Morgan fingerprint density at radius 3 is 2.52 bits per heavy atom. The van der Waals surface area contributed by atoms with Crippen molar-refractivity contribution in [3.63, 3.8) is 0 Å². The molecule has 0 spiro atoms. The molecule has 0 unspecified atom stereocenters. The summed E-state index contributed by atoms with van der Waals surface area (Å²) < 4.78 is 14.6. The van der Waals surface area contributed by atoms with Crippen LogP contribution in [-0.2, 0) is 6.54 Å². The van der Waals surface area contributed by atoms with Crippen molar-refractivity contribution in [1.82, 2.24) is 14.9 Å². The molecule has 6 nitrogen and oxygen atoms in total. The third kappa shape index (κ3) is 4.02. The number of nitrogens with zero attached hydrogens (tertiary/aromatic N) is 2. The lowest BCUT2D eigenvalue weighted by atomic mass is 10.1. The van der Waals surface area contributed by atoms with Crippen LogP contribution in [-0.4, -0.2) is 20.6 Å². The largest absolute Gasteiger partial charge is 0.506 e. The first-order chi connectivity index (χ1) is 15.0. The van der Waals surface area contributed by atoms with Crippen molar-refractivity contribution in [3.05, 3.63) is 106 Å². The van der Waals surface area contributed by atoms with Crippen LogP contribution in [0.5, 0.6) is 5.75 Å². The summed E-state index contributed by atoms with van der Waals surface area (Å²) in [5, 5.41) is 13.8. The van der Waals surface area contributed by atoms with E-state index in [0.29, 0.717) is 10.9 Å². The molecule has 0 saturated heterocycles. The van der Waals surface area contributed by atoms with E-state index in [0.717, 1.165) is 5.56 Å². The van der Waals surface area contributed by atoms with Crippen LogP contribution in [0, 0.1) is 5.82 Å². The summed E-state index contributed by atoms with van der Waals surface area (Å²) >= 11 is 0. The number of fused-ring (bicyclic) bond motifs is 1. The molecular weight excluding hydrogens is 397 g/mol. The second-order valence-corrected chi connectivity index (χ2v) is 7.22. The van der Waals surface area contributed by atoms with Crippen LogP contribution >= 0.6 is 0 Å². The van der Waals surface area contributed by atoms with E-state index < -0.39 is 23.3 Å². The molecule has 31 heavy (non-hydrogen) atoms. The predicted molar refractivity (Wildman–Crippen MR) is 115 cm³/mol. The van der Waals surface area contributed by atoms with Gasteiger partial charge in [0.2, 0.25) is 0 Å². The zero-order valence-electron chi connectivity index (χ0n) is 16.7. The minimum absolute atomic E-state index is 0.196. The Morgan fingerprint density at radius 1 is 1.10 bits per heavy atom. The second-order valence-electron chi connectivity index (χ2n) is 7.22. The topological polar surface area (TPSA) is 84.2 Å². The maximum atomic E-state index is 13.3. The van der Waals surface area contributed by atoms with Crippen molar-refractivity contribution in [3.8, 4) is 5.75 Å². The monoisotopic (exact) mass is 417 g/mol. The van der Waals surface area contributed by atoms with E-state index in [1.165, 1.54) is 22.9 Å². The molecule has 2 aromatic carbocycles. The van der Waals surface area contributed by atoms with Crippen LogP contribution in [0.3, 0.4) is 0 Å². The van der Waals surface area contributed by atoms with Crippen LogP contribution < -0.4 is 10.9 Å². The first-order valence-corrected chi connectivity index (χ1v) is 9.76. The van der Waals surface area contributed by atoms with E-state index in [2.05, 4.69) is 10.3 Å². The number of nitrogens with one attached hydrogen (secondary N) is 1. The SMILES string of the molecule is C[C@@H](NC(=O)c1c(O)c2cccnc2n(Cc2ccccc2)c1=O)c1ccc(F)cc1. The first kappa shape index (κ1) is 20.3. The lowest BCUT2D eigenvalue weighted by molar-refractivity contribution is 0.0935. The maximum Gasteiger partial charge on any atom is 0.269 e. The molecule has 0 aliphatic carbocycles. The number of pyridine rings is 2. The molecule has 0 aliphatic rings. The van der Waals surface area contributed by atoms with Crippen molar-refractivity contribution in [2.24, 2.45) is 0 Å². The summed E-state index contributed by atoms with van der Waals surface area (Å²) in [5.74, 6) is -1.51. The van der Waals surface area contributed by atoms with Crippen LogP contribution in [0.2, 0.25) is 0 Å². The molecule has 2 heterocycles. The molecule has 2 N–H and O–H groups in total. The predicted octanol–water partition coefficient (Wildman–Crippen LogP) is 3.78. The Morgan fingerprint density at radius 2 is 1.81 bits per heavy atom. The van der Waals surface area contributed by atoms with Gasteiger partial charge in [0.25, 0.3) is 11.5 Å². The van der Waals surface area contributed by atoms with Gasteiger partial charge < -0.3 is 10.4 Å². The maximum absolute atomic E-state index is 13.3. The smallest absolute Gasteiger partial charge is 0.269 e. The van der Waals surface area contributed by atoms with Gasteiger partial charge in [-0.25, -0.2) is 9.37 Å². The standard InChI is InChI=1S/C24H20FN3O3/c1-15(17-9-11-18(25)12-10-17)27-23(30)20-21(29)19-8-5-13-26-22(19)28(24(20)31)14-16-6-3-2-4-7-16/h2-13,15,29H,14H2,1H3,(H,27,30)/t15-/m1/s1. The highest BCUT2D eigenvalue weighted by molar-refractivity contribution is 6.01. The summed E-state index contributed by atoms with van der Waals surface area (Å²) in [4.78, 5) is 30.5. The zero-order chi connectivity index (χ0) is 22.0. The lowest BCUT2D eigenvalue weighted by Gasteiger charge is -2.17. The Bertz CT molecular complexity index is 1300. The Labute approximate surface area is 177 Å². The molecular formula is C24H20FN3O3. The Hall–Kier alpha value is -4.00. The molecule has 1 atom stereocenters. The number of carbonyl (C=O) groups is 1. The van der Waals surface area contributed by atoms with Crippen molar-refractivity contribution in [1.29, 1.82) is 0 Å². The number of carbonyl (C=O) groups excluding carboxylic acids is 1. The number of benzene rings is 2. The van der Waals surface area contributed by atoms with E-state index >= 15 is 0 Å². The highest BCUT2D eigenvalue weighted by Crippen LogP contribution is 2.26. The first-order valence-electron chi connectivity index (χ1n) is 9.76. The average Bonchev–Trinajstić information content (AvgIpc) is 2.78. The third-order valence-electron chi connectivity index (χ3n) is 5.12. The van der Waals surface area contributed by atoms with Gasteiger partial charge in [0, 0.05) is 6.20 Å². The van der Waals surface area contributed by atoms with Crippen molar-refractivity contribution in [2.45, 2.75) is 19.5 Å². The fraction of sp³-hybridized carbons (Fsp3) is 0.125. The third-order valence-corrected chi connectivity index (χ3v) is 5.12. The van der Waals surface area contributed by atoms with Crippen LogP contribution in [0.15, 0.2) is 77.7 Å². The normalized spacial score (nSPS) is 11.9. The number of hydrogen-bond acceptors (Lipinski definition) is 4. The number of amides is 1. The molecule has 0 fully saturated rings. The summed E-state index contributed by atoms with van der Waals surface area (Å²) in [7, 11) is 0. The number of halogens is 1. The number of aromatic hydroxyl groups is 1. The minimum Gasteiger partial charge on any atom is -0.506 e. The molecule has 4 aromatic rings. The number of hydrogen-bond donors (Lipinski definition) is 2. The molecule has 0 radical (unpaired) electrons. The molecule has 7 heteroatoms. The fourth-order valence-electron chi connectivity index (χ4n) is 3.48. The summed E-state index contributed by atoms with van der Waals surface area (Å²) in [6, 6.07) is 17.7. The molecule has 4 rings (SSSR count).